The SMILES string of the molecule is CC(=O)Oc1cc(C(=O)c2c(-c3ccccc3Br)noc2C)c[nH]1. The average molecular weight is 389 g/mol. The number of aryl methyl sites for hydroxylation is 1. The van der Waals surface area contributed by atoms with Crippen LogP contribution in [0.2, 0.25) is 0 Å². The molecule has 0 unspecified atom stereocenters. The van der Waals surface area contributed by atoms with E-state index >= 15 is 0 Å². The third kappa shape index (κ3) is 3.03. The first kappa shape index (κ1) is 16.2. The third-order valence-corrected chi connectivity index (χ3v) is 4.08. The van der Waals surface area contributed by atoms with Crippen molar-refractivity contribution in [3.8, 4) is 17.1 Å². The van der Waals surface area contributed by atoms with Crippen molar-refractivity contribution in [2.75, 3.05) is 0 Å². The van der Waals surface area contributed by atoms with Gasteiger partial charge in [-0.25, -0.2) is 0 Å². The molecule has 0 saturated carbocycles. The number of H-pyrrole nitrogens is 1. The molecule has 3 aromatic rings. The molecular formula is C17H13BrN2O4. The van der Waals surface area contributed by atoms with E-state index in [4.69, 9.17) is 9.26 Å². The van der Waals surface area contributed by atoms with Gasteiger partial charge in [-0.05, 0) is 13.0 Å². The highest BCUT2D eigenvalue weighted by Crippen LogP contribution is 2.32. The summed E-state index contributed by atoms with van der Waals surface area (Å²) in [6.07, 6.45) is 1.48. The molecule has 2 aromatic heterocycles. The minimum Gasteiger partial charge on any atom is -0.410 e. The molecular weight excluding hydrogens is 376 g/mol. The number of esters is 1. The van der Waals surface area contributed by atoms with E-state index in [2.05, 4.69) is 26.1 Å². The van der Waals surface area contributed by atoms with Crippen LogP contribution in [0.25, 0.3) is 11.3 Å². The van der Waals surface area contributed by atoms with Crippen molar-refractivity contribution in [1.82, 2.24) is 10.1 Å². The maximum Gasteiger partial charge on any atom is 0.309 e. The second-order valence-electron chi connectivity index (χ2n) is 5.12. The van der Waals surface area contributed by atoms with Gasteiger partial charge in [0.05, 0.1) is 5.56 Å². The van der Waals surface area contributed by atoms with E-state index in [-0.39, 0.29) is 11.7 Å². The molecule has 1 aromatic carbocycles. The summed E-state index contributed by atoms with van der Waals surface area (Å²) in [5.74, 6) is -0.108. The summed E-state index contributed by atoms with van der Waals surface area (Å²) in [5, 5.41) is 4.03. The molecule has 0 saturated heterocycles. The van der Waals surface area contributed by atoms with E-state index in [0.29, 0.717) is 22.6 Å². The lowest BCUT2D eigenvalue weighted by molar-refractivity contribution is -0.132. The minimum absolute atomic E-state index is 0.211. The van der Waals surface area contributed by atoms with Crippen LogP contribution in [0.5, 0.6) is 5.88 Å². The Labute approximate surface area is 145 Å². The van der Waals surface area contributed by atoms with Gasteiger partial charge in [-0.3, -0.25) is 9.59 Å². The molecule has 24 heavy (non-hydrogen) atoms. The second kappa shape index (κ2) is 6.45. The normalized spacial score (nSPS) is 10.6. The first-order valence-electron chi connectivity index (χ1n) is 7.10. The van der Waals surface area contributed by atoms with Crippen molar-refractivity contribution in [3.05, 3.63) is 57.9 Å². The second-order valence-corrected chi connectivity index (χ2v) is 5.97. The van der Waals surface area contributed by atoms with Crippen molar-refractivity contribution < 1.29 is 18.8 Å². The summed E-state index contributed by atoms with van der Waals surface area (Å²) in [7, 11) is 0. The van der Waals surface area contributed by atoms with Crippen LogP contribution in [0.1, 0.15) is 28.6 Å². The minimum atomic E-state index is -0.467. The molecule has 2 heterocycles. The smallest absolute Gasteiger partial charge is 0.309 e. The standard InChI is InChI=1S/C17H13BrN2O4/c1-9-15(16(20-24-9)12-5-3-4-6-13(12)18)17(22)11-7-14(19-8-11)23-10(2)21/h3-8,19H,1-2H3. The van der Waals surface area contributed by atoms with E-state index in [1.165, 1.54) is 19.2 Å². The van der Waals surface area contributed by atoms with E-state index in [9.17, 15) is 9.59 Å². The lowest BCUT2D eigenvalue weighted by atomic mass is 10.00. The summed E-state index contributed by atoms with van der Waals surface area (Å²) < 4.78 is 11.0. The Bertz CT molecular complexity index is 926. The highest BCUT2D eigenvalue weighted by Gasteiger charge is 2.24. The van der Waals surface area contributed by atoms with Crippen molar-refractivity contribution >= 4 is 27.7 Å². The number of aromatic amines is 1. The summed E-state index contributed by atoms with van der Waals surface area (Å²) >= 11 is 3.46. The lowest BCUT2D eigenvalue weighted by Gasteiger charge is -2.03. The molecule has 0 aliphatic rings. The molecule has 122 valence electrons. The molecule has 0 aliphatic heterocycles. The fourth-order valence-electron chi connectivity index (χ4n) is 2.34. The number of rotatable bonds is 4. The maximum absolute atomic E-state index is 12.9. The predicted molar refractivity (Wildman–Crippen MR) is 89.9 cm³/mol. The zero-order valence-corrected chi connectivity index (χ0v) is 14.5. The Morgan fingerprint density at radius 3 is 2.75 bits per heavy atom. The van der Waals surface area contributed by atoms with Crippen molar-refractivity contribution in [2.45, 2.75) is 13.8 Å². The fraction of sp³-hybridized carbons (Fsp3) is 0.118. The molecule has 0 fully saturated rings. The van der Waals surface area contributed by atoms with Crippen LogP contribution in [0.3, 0.4) is 0 Å². The zero-order valence-electron chi connectivity index (χ0n) is 12.9. The van der Waals surface area contributed by atoms with Gasteiger partial charge < -0.3 is 14.2 Å². The Morgan fingerprint density at radius 1 is 1.29 bits per heavy atom. The van der Waals surface area contributed by atoms with Gasteiger partial charge in [-0.2, -0.15) is 0 Å². The number of carbonyl (C=O) groups is 2. The van der Waals surface area contributed by atoms with Gasteiger partial charge in [-0.15, -0.1) is 0 Å². The summed E-state index contributed by atoms with van der Waals surface area (Å²) in [6, 6.07) is 8.91. The Kier molecular flexibility index (Phi) is 4.35. The van der Waals surface area contributed by atoms with Crippen LogP contribution in [-0.4, -0.2) is 21.9 Å². The molecule has 0 atom stereocenters. The molecule has 0 radical (unpaired) electrons. The van der Waals surface area contributed by atoms with Crippen LogP contribution in [0.4, 0.5) is 0 Å². The van der Waals surface area contributed by atoms with Crippen LogP contribution in [-0.2, 0) is 4.79 Å². The van der Waals surface area contributed by atoms with Gasteiger partial charge in [0.25, 0.3) is 0 Å². The molecule has 3 rings (SSSR count). The number of hydrogen-bond acceptors (Lipinski definition) is 5. The quantitative estimate of drug-likeness (QED) is 0.541. The van der Waals surface area contributed by atoms with Crippen LogP contribution in [0, 0.1) is 6.92 Å². The number of benzene rings is 1. The van der Waals surface area contributed by atoms with Gasteiger partial charge in [-0.1, -0.05) is 39.3 Å². The van der Waals surface area contributed by atoms with E-state index in [0.717, 1.165) is 10.0 Å². The molecule has 0 spiro atoms. The third-order valence-electron chi connectivity index (χ3n) is 3.39. The molecule has 0 amide bonds. The summed E-state index contributed by atoms with van der Waals surface area (Å²) in [6.45, 7) is 2.97. The number of nitrogens with one attached hydrogen (secondary N) is 1. The van der Waals surface area contributed by atoms with Crippen molar-refractivity contribution in [3.63, 3.8) is 0 Å². The van der Waals surface area contributed by atoms with Gasteiger partial charge in [0, 0.05) is 34.8 Å². The monoisotopic (exact) mass is 388 g/mol. The van der Waals surface area contributed by atoms with E-state index in [1.54, 1.807) is 6.92 Å². The van der Waals surface area contributed by atoms with Gasteiger partial charge in [0.15, 0.2) is 0 Å². The zero-order chi connectivity index (χ0) is 17.3. The molecule has 1 N–H and O–H groups in total. The fourth-order valence-corrected chi connectivity index (χ4v) is 2.81. The van der Waals surface area contributed by atoms with Crippen molar-refractivity contribution in [1.29, 1.82) is 0 Å². The highest BCUT2D eigenvalue weighted by molar-refractivity contribution is 9.10. The number of ether oxygens (including phenoxy) is 1. The Hall–Kier alpha value is -2.67. The summed E-state index contributed by atoms with van der Waals surface area (Å²) in [4.78, 5) is 26.6. The molecule has 0 bridgehead atoms. The predicted octanol–water partition coefficient (Wildman–Crippen LogP) is 3.90. The number of halogens is 1. The topological polar surface area (TPSA) is 85.2 Å². The Balaban J connectivity index is 2.02. The average Bonchev–Trinajstić information content (AvgIpc) is 3.13. The first-order valence-corrected chi connectivity index (χ1v) is 7.89. The number of carbonyl (C=O) groups excluding carboxylic acids is 2. The molecule has 7 heteroatoms. The maximum atomic E-state index is 12.9. The largest absolute Gasteiger partial charge is 0.410 e. The van der Waals surface area contributed by atoms with Gasteiger partial charge in [0.1, 0.15) is 11.5 Å². The van der Waals surface area contributed by atoms with Gasteiger partial charge >= 0.3 is 5.97 Å². The molecule has 0 aliphatic carbocycles. The molecule has 6 nitrogen and oxygen atoms in total. The highest BCUT2D eigenvalue weighted by atomic mass is 79.9. The number of nitrogens with zero attached hydrogens (tertiary/aromatic N) is 1. The summed E-state index contributed by atoms with van der Waals surface area (Å²) in [5.41, 5.74) is 1.94. The number of aromatic nitrogens is 2. The van der Waals surface area contributed by atoms with Crippen LogP contribution >= 0.6 is 15.9 Å². The van der Waals surface area contributed by atoms with Crippen LogP contribution in [0.15, 0.2) is 45.5 Å². The lowest BCUT2D eigenvalue weighted by Crippen LogP contribution is -2.03. The van der Waals surface area contributed by atoms with Crippen LogP contribution < -0.4 is 4.74 Å². The Morgan fingerprint density at radius 2 is 2.04 bits per heavy atom. The van der Waals surface area contributed by atoms with Crippen molar-refractivity contribution in [2.24, 2.45) is 0 Å². The van der Waals surface area contributed by atoms with E-state index in [1.807, 2.05) is 24.3 Å². The van der Waals surface area contributed by atoms with E-state index < -0.39 is 5.97 Å². The number of hydrogen-bond donors (Lipinski definition) is 1. The first-order chi connectivity index (χ1) is 11.5. The number of ketones is 1. The van der Waals surface area contributed by atoms with Gasteiger partial charge in [0.2, 0.25) is 11.7 Å².